The van der Waals surface area contributed by atoms with Crippen molar-refractivity contribution in [2.75, 3.05) is 24.2 Å². The second-order valence-corrected chi connectivity index (χ2v) is 6.08. The Bertz CT molecular complexity index is 451. The Balaban J connectivity index is 1.71. The number of rotatable bonds is 3. The molecule has 1 heterocycles. The van der Waals surface area contributed by atoms with Gasteiger partial charge in [-0.15, -0.1) is 0 Å². The SMILES string of the molecule is CN(CC1CC2CCC1C2)c1ncnc(Cl)c1N. The van der Waals surface area contributed by atoms with Gasteiger partial charge >= 0.3 is 0 Å². The second-order valence-electron chi connectivity index (χ2n) is 5.72. The molecule has 0 aliphatic heterocycles. The molecule has 3 rings (SSSR count). The summed E-state index contributed by atoms with van der Waals surface area (Å²) in [5.41, 5.74) is 6.43. The van der Waals surface area contributed by atoms with Gasteiger partial charge in [0.15, 0.2) is 11.0 Å². The normalized spacial score (nSPS) is 29.8. The Morgan fingerprint density at radius 1 is 1.39 bits per heavy atom. The third kappa shape index (κ3) is 2.03. The zero-order chi connectivity index (χ0) is 12.7. The number of hydrogen-bond donors (Lipinski definition) is 1. The first-order valence-corrected chi connectivity index (χ1v) is 7.00. The molecular formula is C13H19ClN4. The monoisotopic (exact) mass is 266 g/mol. The number of halogens is 1. The topological polar surface area (TPSA) is 55.0 Å². The summed E-state index contributed by atoms with van der Waals surface area (Å²) in [6.07, 6.45) is 7.12. The van der Waals surface area contributed by atoms with E-state index in [1.807, 2.05) is 7.05 Å². The van der Waals surface area contributed by atoms with Gasteiger partial charge in [-0.25, -0.2) is 9.97 Å². The lowest BCUT2D eigenvalue weighted by molar-refractivity contribution is 0.337. The summed E-state index contributed by atoms with van der Waals surface area (Å²) >= 11 is 5.93. The van der Waals surface area contributed by atoms with E-state index in [1.54, 1.807) is 0 Å². The van der Waals surface area contributed by atoms with Gasteiger partial charge in [0.05, 0.1) is 0 Å². The van der Waals surface area contributed by atoms with E-state index in [4.69, 9.17) is 17.3 Å². The molecule has 3 unspecified atom stereocenters. The average molecular weight is 267 g/mol. The van der Waals surface area contributed by atoms with E-state index in [-0.39, 0.29) is 0 Å². The van der Waals surface area contributed by atoms with Crippen molar-refractivity contribution >= 4 is 23.1 Å². The van der Waals surface area contributed by atoms with Gasteiger partial charge in [-0.05, 0) is 37.0 Å². The van der Waals surface area contributed by atoms with E-state index in [2.05, 4.69) is 14.9 Å². The minimum Gasteiger partial charge on any atom is -0.393 e. The van der Waals surface area contributed by atoms with Gasteiger partial charge in [-0.1, -0.05) is 18.0 Å². The maximum absolute atomic E-state index is 5.94. The molecule has 2 N–H and O–H groups in total. The highest BCUT2D eigenvalue weighted by Crippen LogP contribution is 2.48. The molecule has 0 spiro atoms. The molecule has 3 atom stereocenters. The molecule has 2 saturated carbocycles. The van der Waals surface area contributed by atoms with Crippen LogP contribution in [0.3, 0.4) is 0 Å². The fourth-order valence-electron chi connectivity index (χ4n) is 3.71. The molecule has 2 bridgehead atoms. The molecule has 1 aromatic heterocycles. The smallest absolute Gasteiger partial charge is 0.157 e. The highest BCUT2D eigenvalue weighted by molar-refractivity contribution is 6.32. The number of nitrogens with two attached hydrogens (primary N) is 1. The summed E-state index contributed by atoms with van der Waals surface area (Å²) in [7, 11) is 2.04. The van der Waals surface area contributed by atoms with E-state index in [9.17, 15) is 0 Å². The lowest BCUT2D eigenvalue weighted by atomic mass is 9.88. The number of anilines is 2. The van der Waals surface area contributed by atoms with Crippen LogP contribution in [-0.4, -0.2) is 23.6 Å². The second kappa shape index (κ2) is 4.57. The van der Waals surface area contributed by atoms with Gasteiger partial charge in [0.25, 0.3) is 0 Å². The number of nitrogen functional groups attached to an aromatic ring is 1. The minimum absolute atomic E-state index is 0.347. The molecule has 2 aliphatic rings. The van der Waals surface area contributed by atoms with Crippen molar-refractivity contribution < 1.29 is 0 Å². The highest BCUT2D eigenvalue weighted by atomic mass is 35.5. The van der Waals surface area contributed by atoms with Crippen LogP contribution in [0, 0.1) is 17.8 Å². The maximum Gasteiger partial charge on any atom is 0.157 e. The fourth-order valence-corrected chi connectivity index (χ4v) is 3.84. The van der Waals surface area contributed by atoms with Gasteiger partial charge in [0.1, 0.15) is 12.0 Å². The molecule has 98 valence electrons. The third-order valence-corrected chi connectivity index (χ3v) is 4.87. The van der Waals surface area contributed by atoms with Gasteiger partial charge in [-0.3, -0.25) is 0 Å². The molecule has 0 aromatic carbocycles. The Morgan fingerprint density at radius 3 is 2.89 bits per heavy atom. The van der Waals surface area contributed by atoms with Crippen LogP contribution < -0.4 is 10.6 Å². The van der Waals surface area contributed by atoms with Crippen molar-refractivity contribution in [1.29, 1.82) is 0 Å². The molecule has 2 aliphatic carbocycles. The van der Waals surface area contributed by atoms with E-state index < -0.39 is 0 Å². The number of nitrogens with zero attached hydrogens (tertiary/aromatic N) is 3. The largest absolute Gasteiger partial charge is 0.393 e. The summed E-state index contributed by atoms with van der Waals surface area (Å²) < 4.78 is 0. The molecule has 4 nitrogen and oxygen atoms in total. The summed E-state index contributed by atoms with van der Waals surface area (Å²) in [5.74, 6) is 3.44. The third-order valence-electron chi connectivity index (χ3n) is 4.57. The molecule has 1 aromatic rings. The van der Waals surface area contributed by atoms with E-state index in [0.717, 1.165) is 30.1 Å². The molecule has 0 amide bonds. The van der Waals surface area contributed by atoms with Crippen LogP contribution in [0.25, 0.3) is 0 Å². The van der Waals surface area contributed by atoms with E-state index in [1.165, 1.54) is 32.0 Å². The molecule has 18 heavy (non-hydrogen) atoms. The van der Waals surface area contributed by atoms with E-state index in [0.29, 0.717) is 10.8 Å². The minimum atomic E-state index is 0.347. The van der Waals surface area contributed by atoms with Crippen LogP contribution in [0.5, 0.6) is 0 Å². The van der Waals surface area contributed by atoms with Gasteiger partial charge in [0.2, 0.25) is 0 Å². The number of aromatic nitrogens is 2. The molecular weight excluding hydrogens is 248 g/mol. The van der Waals surface area contributed by atoms with Crippen LogP contribution in [0.2, 0.25) is 5.15 Å². The Kier molecular flexibility index (Phi) is 3.06. The molecule has 0 radical (unpaired) electrons. The Morgan fingerprint density at radius 2 is 2.22 bits per heavy atom. The predicted octanol–water partition coefficient (Wildman–Crippen LogP) is 2.58. The number of hydrogen-bond acceptors (Lipinski definition) is 4. The lowest BCUT2D eigenvalue weighted by Gasteiger charge is -2.28. The van der Waals surface area contributed by atoms with Gasteiger partial charge in [-0.2, -0.15) is 0 Å². The van der Waals surface area contributed by atoms with Crippen molar-refractivity contribution in [3.05, 3.63) is 11.5 Å². The molecule has 0 saturated heterocycles. The van der Waals surface area contributed by atoms with Crippen LogP contribution in [-0.2, 0) is 0 Å². The summed E-state index contributed by atoms with van der Waals surface area (Å²) in [6, 6.07) is 0. The summed E-state index contributed by atoms with van der Waals surface area (Å²) in [6.45, 7) is 1.03. The first-order valence-electron chi connectivity index (χ1n) is 6.62. The summed E-state index contributed by atoms with van der Waals surface area (Å²) in [5, 5.41) is 0.347. The van der Waals surface area contributed by atoms with Gasteiger partial charge < -0.3 is 10.6 Å². The van der Waals surface area contributed by atoms with Crippen LogP contribution in [0.15, 0.2) is 6.33 Å². The van der Waals surface area contributed by atoms with Crippen molar-refractivity contribution in [2.24, 2.45) is 17.8 Å². The Labute approximate surface area is 113 Å². The zero-order valence-electron chi connectivity index (χ0n) is 10.6. The predicted molar refractivity (Wildman–Crippen MR) is 73.7 cm³/mol. The summed E-state index contributed by atoms with van der Waals surface area (Å²) in [4.78, 5) is 10.3. The standard InChI is InChI=1S/C13H19ClN4/c1-18(13-11(15)12(14)16-7-17-13)6-10-5-8-2-3-9(10)4-8/h7-10H,2-6,15H2,1H3. The van der Waals surface area contributed by atoms with Crippen LogP contribution in [0.1, 0.15) is 25.7 Å². The fraction of sp³-hybridized carbons (Fsp3) is 0.692. The highest BCUT2D eigenvalue weighted by Gasteiger charge is 2.39. The zero-order valence-corrected chi connectivity index (χ0v) is 11.4. The van der Waals surface area contributed by atoms with Crippen LogP contribution in [0.4, 0.5) is 11.5 Å². The first kappa shape index (κ1) is 12.0. The molecule has 2 fully saturated rings. The average Bonchev–Trinajstić information content (AvgIpc) is 2.94. The molecule has 5 heteroatoms. The van der Waals surface area contributed by atoms with Crippen molar-refractivity contribution in [3.63, 3.8) is 0 Å². The number of fused-ring (bicyclic) bond motifs is 2. The first-order chi connectivity index (χ1) is 8.65. The van der Waals surface area contributed by atoms with Crippen molar-refractivity contribution in [1.82, 2.24) is 9.97 Å². The maximum atomic E-state index is 5.94. The van der Waals surface area contributed by atoms with E-state index >= 15 is 0 Å². The lowest BCUT2D eigenvalue weighted by Crippen LogP contribution is -2.29. The quantitative estimate of drug-likeness (QED) is 0.855. The van der Waals surface area contributed by atoms with Gasteiger partial charge in [0, 0.05) is 13.6 Å². The van der Waals surface area contributed by atoms with Crippen molar-refractivity contribution in [3.8, 4) is 0 Å². The Hall–Kier alpha value is -1.03. The van der Waals surface area contributed by atoms with Crippen LogP contribution >= 0.6 is 11.6 Å². The van der Waals surface area contributed by atoms with Crippen molar-refractivity contribution in [2.45, 2.75) is 25.7 Å².